The number of ether oxygens (including phenoxy) is 1. The van der Waals surface area contributed by atoms with Crippen molar-refractivity contribution in [1.82, 2.24) is 10.3 Å². The van der Waals surface area contributed by atoms with Gasteiger partial charge in [0.2, 0.25) is 0 Å². The van der Waals surface area contributed by atoms with Crippen molar-refractivity contribution in [2.75, 3.05) is 33.4 Å². The van der Waals surface area contributed by atoms with Gasteiger partial charge in [0, 0.05) is 37.9 Å². The van der Waals surface area contributed by atoms with Crippen molar-refractivity contribution in [1.29, 1.82) is 0 Å². The summed E-state index contributed by atoms with van der Waals surface area (Å²) in [6, 6.07) is 4.05. The van der Waals surface area contributed by atoms with Crippen LogP contribution in [0.5, 0.6) is 0 Å². The number of methoxy groups -OCH3 is 1. The topological polar surface area (TPSA) is 87.8 Å². The van der Waals surface area contributed by atoms with E-state index in [1.807, 2.05) is 10.3 Å². The number of rotatable bonds is 8. The van der Waals surface area contributed by atoms with Gasteiger partial charge >= 0.3 is 0 Å². The molecule has 1 rings (SSSR count). The van der Waals surface area contributed by atoms with E-state index >= 15 is 0 Å². The largest absolute Gasteiger partial charge is 0.395 e. The molecule has 0 heterocycles. The molecule has 0 aliphatic rings. The second-order valence-electron chi connectivity index (χ2n) is 4.27. The Labute approximate surface area is 117 Å². The number of halogens is 1. The molecule has 1 amide bonds. The first kappa shape index (κ1) is 16.5. The summed E-state index contributed by atoms with van der Waals surface area (Å²) < 4.78 is 18.7. The summed E-state index contributed by atoms with van der Waals surface area (Å²) in [5.41, 5.74) is 2.67. The highest BCUT2D eigenvalue weighted by Gasteiger charge is 2.12. The zero-order valence-corrected chi connectivity index (χ0v) is 11.4. The van der Waals surface area contributed by atoms with Crippen LogP contribution in [0.4, 0.5) is 4.39 Å². The molecule has 0 radical (unpaired) electrons. The van der Waals surface area contributed by atoms with Gasteiger partial charge in [-0.3, -0.25) is 15.1 Å². The average molecular weight is 285 g/mol. The number of carbonyl (C=O) groups is 1. The van der Waals surface area contributed by atoms with Crippen molar-refractivity contribution in [3.8, 4) is 0 Å². The van der Waals surface area contributed by atoms with Crippen molar-refractivity contribution in [2.24, 2.45) is 5.84 Å². The Balaban J connectivity index is 2.84. The molecule has 0 aliphatic carbocycles. The van der Waals surface area contributed by atoms with Crippen molar-refractivity contribution >= 4 is 5.91 Å². The molecule has 20 heavy (non-hydrogen) atoms. The first-order chi connectivity index (χ1) is 9.62. The van der Waals surface area contributed by atoms with Crippen LogP contribution in [0.1, 0.15) is 15.9 Å². The minimum Gasteiger partial charge on any atom is -0.395 e. The van der Waals surface area contributed by atoms with E-state index in [4.69, 9.17) is 15.7 Å². The molecule has 0 atom stereocenters. The number of nitrogens with one attached hydrogen (secondary N) is 1. The summed E-state index contributed by atoms with van der Waals surface area (Å²) in [7, 11) is 1.57. The lowest BCUT2D eigenvalue weighted by molar-refractivity contribution is 0.0953. The van der Waals surface area contributed by atoms with Crippen molar-refractivity contribution in [3.05, 3.63) is 35.1 Å². The van der Waals surface area contributed by atoms with Crippen LogP contribution in [0.25, 0.3) is 0 Å². The number of carbonyl (C=O) groups excluding carboxylic acids is 1. The number of hydrogen-bond acceptors (Lipinski definition) is 5. The van der Waals surface area contributed by atoms with Crippen molar-refractivity contribution in [2.45, 2.75) is 6.54 Å². The average Bonchev–Trinajstić information content (AvgIpc) is 2.46. The zero-order chi connectivity index (χ0) is 15.0. The number of amides is 1. The molecular weight excluding hydrogens is 265 g/mol. The minimum absolute atomic E-state index is 0.0334. The van der Waals surface area contributed by atoms with Crippen molar-refractivity contribution in [3.63, 3.8) is 0 Å². The molecule has 0 saturated carbocycles. The van der Waals surface area contributed by atoms with Gasteiger partial charge in [0.05, 0.1) is 13.2 Å². The quantitative estimate of drug-likeness (QED) is 0.352. The van der Waals surface area contributed by atoms with Gasteiger partial charge in [0.1, 0.15) is 5.82 Å². The third-order valence-electron chi connectivity index (χ3n) is 2.86. The molecule has 1 aromatic rings. The molecule has 6 nitrogen and oxygen atoms in total. The molecule has 0 aromatic heterocycles. The number of aliphatic hydroxyl groups is 1. The van der Waals surface area contributed by atoms with E-state index in [0.29, 0.717) is 30.8 Å². The Bertz CT molecular complexity index is 443. The maximum Gasteiger partial charge on any atom is 0.265 e. The van der Waals surface area contributed by atoms with Gasteiger partial charge in [-0.1, -0.05) is 0 Å². The third-order valence-corrected chi connectivity index (χ3v) is 2.86. The van der Waals surface area contributed by atoms with E-state index in [9.17, 15) is 9.18 Å². The van der Waals surface area contributed by atoms with Gasteiger partial charge in [-0.15, -0.1) is 0 Å². The monoisotopic (exact) mass is 285 g/mol. The molecule has 0 unspecified atom stereocenters. The number of nitrogens with zero attached hydrogens (tertiary/aromatic N) is 1. The molecule has 0 spiro atoms. The minimum atomic E-state index is -0.475. The first-order valence-corrected chi connectivity index (χ1v) is 6.24. The smallest absolute Gasteiger partial charge is 0.265 e. The Morgan fingerprint density at radius 1 is 1.50 bits per heavy atom. The van der Waals surface area contributed by atoms with E-state index in [2.05, 4.69) is 0 Å². The predicted octanol–water partition coefficient (Wildman–Crippen LogP) is -0.130. The van der Waals surface area contributed by atoms with E-state index in [1.165, 1.54) is 18.2 Å². The van der Waals surface area contributed by atoms with Gasteiger partial charge in [-0.05, 0) is 18.2 Å². The van der Waals surface area contributed by atoms with Gasteiger partial charge in [-0.25, -0.2) is 10.2 Å². The number of nitrogen functional groups attached to an aromatic ring is 1. The van der Waals surface area contributed by atoms with Crippen molar-refractivity contribution < 1.29 is 19.0 Å². The molecule has 7 heteroatoms. The van der Waals surface area contributed by atoms with Gasteiger partial charge in [0.15, 0.2) is 0 Å². The predicted molar refractivity (Wildman–Crippen MR) is 72.3 cm³/mol. The summed E-state index contributed by atoms with van der Waals surface area (Å²) in [4.78, 5) is 13.3. The van der Waals surface area contributed by atoms with Crippen LogP contribution in [0.2, 0.25) is 0 Å². The fourth-order valence-electron chi connectivity index (χ4n) is 1.79. The van der Waals surface area contributed by atoms with E-state index in [1.54, 1.807) is 7.11 Å². The molecule has 0 fully saturated rings. The number of aliphatic hydroxyl groups excluding tert-OH is 1. The lowest BCUT2D eigenvalue weighted by Gasteiger charge is -2.21. The lowest BCUT2D eigenvalue weighted by Crippen LogP contribution is -2.31. The molecule has 0 saturated heterocycles. The van der Waals surface area contributed by atoms with Crippen LogP contribution in [0.15, 0.2) is 18.2 Å². The van der Waals surface area contributed by atoms with Crippen LogP contribution in [-0.2, 0) is 11.3 Å². The number of benzene rings is 1. The lowest BCUT2D eigenvalue weighted by atomic mass is 10.1. The maximum atomic E-state index is 13.8. The summed E-state index contributed by atoms with van der Waals surface area (Å²) in [6.45, 7) is 1.68. The fourth-order valence-corrected chi connectivity index (χ4v) is 1.79. The van der Waals surface area contributed by atoms with Crippen LogP contribution < -0.4 is 11.3 Å². The maximum absolute atomic E-state index is 13.8. The Morgan fingerprint density at radius 2 is 2.25 bits per heavy atom. The molecule has 4 N–H and O–H groups in total. The highest BCUT2D eigenvalue weighted by molar-refractivity contribution is 5.93. The molecule has 0 aliphatic heterocycles. The van der Waals surface area contributed by atoms with Crippen LogP contribution in [-0.4, -0.2) is 49.3 Å². The summed E-state index contributed by atoms with van der Waals surface area (Å²) in [5, 5.41) is 9.01. The van der Waals surface area contributed by atoms with Gasteiger partial charge in [-0.2, -0.15) is 0 Å². The Kier molecular flexibility index (Phi) is 7.10. The van der Waals surface area contributed by atoms with E-state index in [-0.39, 0.29) is 13.2 Å². The standard InChI is InChI=1S/C13H20FN3O3/c1-20-7-5-17(4-6-18)9-11-8-10(13(19)16-15)2-3-12(11)14/h2-3,8,18H,4-7,9,15H2,1H3,(H,16,19). The molecular formula is C13H20FN3O3. The van der Waals surface area contributed by atoms with E-state index < -0.39 is 11.7 Å². The fraction of sp³-hybridized carbons (Fsp3) is 0.462. The van der Waals surface area contributed by atoms with Crippen LogP contribution in [0, 0.1) is 5.82 Å². The zero-order valence-electron chi connectivity index (χ0n) is 11.4. The SMILES string of the molecule is COCCN(CCO)Cc1cc(C(=O)NN)ccc1F. The normalized spacial score (nSPS) is 10.8. The molecule has 0 bridgehead atoms. The summed E-state index contributed by atoms with van der Waals surface area (Å²) in [5.74, 6) is 4.17. The molecule has 1 aromatic carbocycles. The van der Waals surface area contributed by atoms with Crippen LogP contribution >= 0.6 is 0 Å². The van der Waals surface area contributed by atoms with Crippen LogP contribution in [0.3, 0.4) is 0 Å². The second kappa shape index (κ2) is 8.60. The van der Waals surface area contributed by atoms with Gasteiger partial charge in [0.25, 0.3) is 5.91 Å². The third kappa shape index (κ3) is 4.86. The molecule has 112 valence electrons. The Hall–Kier alpha value is -1.54. The first-order valence-electron chi connectivity index (χ1n) is 6.24. The highest BCUT2D eigenvalue weighted by Crippen LogP contribution is 2.13. The summed E-state index contributed by atoms with van der Waals surface area (Å²) >= 11 is 0. The second-order valence-corrected chi connectivity index (χ2v) is 4.27. The van der Waals surface area contributed by atoms with E-state index in [0.717, 1.165) is 0 Å². The number of nitrogens with two attached hydrogens (primary N) is 1. The summed E-state index contributed by atoms with van der Waals surface area (Å²) in [6.07, 6.45) is 0. The number of hydrogen-bond donors (Lipinski definition) is 3. The highest BCUT2D eigenvalue weighted by atomic mass is 19.1. The van der Waals surface area contributed by atoms with Gasteiger partial charge < -0.3 is 9.84 Å². The number of hydrazine groups is 1. The Morgan fingerprint density at radius 3 is 2.85 bits per heavy atom.